The number of para-hydroxylation sites is 1. The number of carbonyl (C=O) groups excluding carboxylic acids is 2. The Morgan fingerprint density at radius 1 is 1.37 bits per heavy atom. The number of methoxy groups -OCH3 is 1. The quantitative estimate of drug-likeness (QED) is 0.612. The van der Waals surface area contributed by atoms with E-state index in [9.17, 15) is 9.59 Å². The molecule has 0 atom stereocenters. The molecule has 3 N–H and O–H groups in total. The summed E-state index contributed by atoms with van der Waals surface area (Å²) in [5, 5.41) is 2.61. The lowest BCUT2D eigenvalue weighted by atomic mass is 10.1. The number of carbonyl (C=O) groups is 2. The predicted molar refractivity (Wildman–Crippen MR) is 71.0 cm³/mol. The summed E-state index contributed by atoms with van der Waals surface area (Å²) < 4.78 is 9.89. The molecule has 1 rings (SSSR count). The Morgan fingerprint density at radius 3 is 2.63 bits per heavy atom. The minimum atomic E-state index is -0.657. The third-order valence-electron chi connectivity index (χ3n) is 2.29. The van der Waals surface area contributed by atoms with Crippen LogP contribution in [0, 0.1) is 0 Å². The molecule has 0 aliphatic rings. The number of anilines is 1. The number of rotatable bonds is 5. The molecule has 6 nitrogen and oxygen atoms in total. The van der Waals surface area contributed by atoms with E-state index in [1.807, 2.05) is 13.8 Å². The van der Waals surface area contributed by atoms with Gasteiger partial charge < -0.3 is 20.5 Å². The Hall–Kier alpha value is -2.24. The first-order chi connectivity index (χ1) is 8.95. The van der Waals surface area contributed by atoms with E-state index in [1.165, 1.54) is 13.2 Å². The molecule has 0 saturated carbocycles. The van der Waals surface area contributed by atoms with Crippen molar-refractivity contribution in [1.29, 1.82) is 0 Å². The first-order valence-electron chi connectivity index (χ1n) is 5.84. The number of esters is 1. The molecule has 1 aromatic carbocycles. The van der Waals surface area contributed by atoms with Gasteiger partial charge in [-0.25, -0.2) is 4.79 Å². The van der Waals surface area contributed by atoms with Gasteiger partial charge in [0.25, 0.3) is 5.91 Å². The average molecular weight is 266 g/mol. The lowest BCUT2D eigenvalue weighted by molar-refractivity contribution is -0.124. The predicted octanol–water partition coefficient (Wildman–Crippen LogP) is 0.959. The van der Waals surface area contributed by atoms with Crippen LogP contribution in [-0.2, 0) is 9.53 Å². The van der Waals surface area contributed by atoms with Gasteiger partial charge in [0.05, 0.1) is 18.4 Å². The van der Waals surface area contributed by atoms with Crippen LogP contribution in [0.4, 0.5) is 5.69 Å². The molecule has 1 aromatic rings. The van der Waals surface area contributed by atoms with Gasteiger partial charge in [0, 0.05) is 6.04 Å². The zero-order valence-electron chi connectivity index (χ0n) is 11.2. The number of benzene rings is 1. The van der Waals surface area contributed by atoms with Gasteiger partial charge in [-0.3, -0.25) is 4.79 Å². The van der Waals surface area contributed by atoms with Crippen molar-refractivity contribution in [3.05, 3.63) is 23.8 Å². The molecule has 6 heteroatoms. The Bertz CT molecular complexity index is 472. The second-order valence-electron chi connectivity index (χ2n) is 4.22. The van der Waals surface area contributed by atoms with Crippen LogP contribution in [0.15, 0.2) is 18.2 Å². The monoisotopic (exact) mass is 266 g/mol. The largest absolute Gasteiger partial charge is 0.495 e. The number of nitrogens with two attached hydrogens (primary N) is 1. The molecular weight excluding hydrogens is 248 g/mol. The molecule has 0 aliphatic carbocycles. The average Bonchev–Trinajstić information content (AvgIpc) is 2.35. The summed E-state index contributed by atoms with van der Waals surface area (Å²) in [5.41, 5.74) is 6.13. The van der Waals surface area contributed by atoms with Crippen LogP contribution in [0.1, 0.15) is 24.2 Å². The van der Waals surface area contributed by atoms with E-state index in [0.29, 0.717) is 5.75 Å². The maximum atomic E-state index is 11.8. The van der Waals surface area contributed by atoms with E-state index in [-0.39, 0.29) is 29.8 Å². The van der Waals surface area contributed by atoms with Crippen molar-refractivity contribution in [2.24, 2.45) is 0 Å². The maximum Gasteiger partial charge on any atom is 0.340 e. The molecule has 0 aromatic heterocycles. The van der Waals surface area contributed by atoms with E-state index < -0.39 is 5.97 Å². The first-order valence-corrected chi connectivity index (χ1v) is 5.84. The van der Waals surface area contributed by atoms with Crippen LogP contribution < -0.4 is 15.8 Å². The zero-order chi connectivity index (χ0) is 14.4. The van der Waals surface area contributed by atoms with Gasteiger partial charge in [-0.15, -0.1) is 0 Å². The topological polar surface area (TPSA) is 90.6 Å². The molecule has 0 bridgehead atoms. The molecule has 0 spiro atoms. The molecule has 0 unspecified atom stereocenters. The van der Waals surface area contributed by atoms with Crippen LogP contribution >= 0.6 is 0 Å². The Labute approximate surface area is 111 Å². The van der Waals surface area contributed by atoms with Gasteiger partial charge in [-0.1, -0.05) is 6.07 Å². The fourth-order valence-corrected chi connectivity index (χ4v) is 1.47. The highest BCUT2D eigenvalue weighted by atomic mass is 16.5. The molecule has 0 heterocycles. The highest BCUT2D eigenvalue weighted by Gasteiger charge is 2.15. The fraction of sp³-hybridized carbons (Fsp3) is 0.385. The third kappa shape index (κ3) is 4.17. The van der Waals surface area contributed by atoms with Crippen molar-refractivity contribution in [1.82, 2.24) is 5.32 Å². The van der Waals surface area contributed by atoms with Gasteiger partial charge in [0.2, 0.25) is 0 Å². The summed E-state index contributed by atoms with van der Waals surface area (Å²) >= 11 is 0. The normalized spacial score (nSPS) is 10.1. The number of nitrogens with one attached hydrogen (secondary N) is 1. The number of ether oxygens (including phenoxy) is 2. The fourth-order valence-electron chi connectivity index (χ4n) is 1.47. The Balaban J connectivity index is 2.66. The van der Waals surface area contributed by atoms with E-state index in [4.69, 9.17) is 15.2 Å². The molecule has 19 heavy (non-hydrogen) atoms. The summed E-state index contributed by atoms with van der Waals surface area (Å²) in [6.45, 7) is 3.30. The lowest BCUT2D eigenvalue weighted by Gasteiger charge is -2.11. The molecule has 0 radical (unpaired) electrons. The Morgan fingerprint density at radius 2 is 2.05 bits per heavy atom. The van der Waals surface area contributed by atoms with Crippen molar-refractivity contribution in [2.75, 3.05) is 19.5 Å². The molecular formula is C13H18N2O4. The lowest BCUT2D eigenvalue weighted by Crippen LogP contribution is -2.34. The standard InChI is InChI=1S/C13H18N2O4/c1-8(2)15-11(16)7-19-13(17)9-5-4-6-10(18-3)12(9)14/h4-6,8H,7,14H2,1-3H3,(H,15,16). The molecule has 0 aliphatic heterocycles. The van der Waals surface area contributed by atoms with Crippen LogP contribution in [0.3, 0.4) is 0 Å². The minimum absolute atomic E-state index is 0.00640. The van der Waals surface area contributed by atoms with E-state index in [0.717, 1.165) is 0 Å². The third-order valence-corrected chi connectivity index (χ3v) is 2.29. The first kappa shape index (κ1) is 14.8. The van der Waals surface area contributed by atoms with Crippen LogP contribution in [0.5, 0.6) is 5.75 Å². The summed E-state index contributed by atoms with van der Waals surface area (Å²) in [7, 11) is 1.46. The van der Waals surface area contributed by atoms with Gasteiger partial charge >= 0.3 is 5.97 Å². The highest BCUT2D eigenvalue weighted by Crippen LogP contribution is 2.25. The number of hydrogen-bond acceptors (Lipinski definition) is 5. The number of amides is 1. The van der Waals surface area contributed by atoms with Crippen molar-refractivity contribution in [3.63, 3.8) is 0 Å². The highest BCUT2D eigenvalue weighted by molar-refractivity contribution is 5.97. The minimum Gasteiger partial charge on any atom is -0.495 e. The van der Waals surface area contributed by atoms with Gasteiger partial charge in [0.1, 0.15) is 5.75 Å². The molecule has 104 valence electrons. The summed E-state index contributed by atoms with van der Waals surface area (Å²) in [6, 6.07) is 4.77. The van der Waals surface area contributed by atoms with Crippen molar-refractivity contribution < 1.29 is 19.1 Å². The SMILES string of the molecule is COc1cccc(C(=O)OCC(=O)NC(C)C)c1N. The zero-order valence-corrected chi connectivity index (χ0v) is 11.2. The van der Waals surface area contributed by atoms with Gasteiger partial charge in [0.15, 0.2) is 6.61 Å². The van der Waals surface area contributed by atoms with Crippen LogP contribution in [0.25, 0.3) is 0 Å². The van der Waals surface area contributed by atoms with Crippen LogP contribution in [-0.4, -0.2) is 31.6 Å². The second kappa shape index (κ2) is 6.63. The molecule has 0 fully saturated rings. The second-order valence-corrected chi connectivity index (χ2v) is 4.22. The summed E-state index contributed by atoms with van der Waals surface area (Å²) in [4.78, 5) is 23.1. The number of hydrogen-bond donors (Lipinski definition) is 2. The van der Waals surface area contributed by atoms with E-state index in [2.05, 4.69) is 5.32 Å². The van der Waals surface area contributed by atoms with Gasteiger partial charge in [-0.05, 0) is 26.0 Å². The maximum absolute atomic E-state index is 11.8. The van der Waals surface area contributed by atoms with Crippen molar-refractivity contribution >= 4 is 17.6 Å². The molecule has 0 saturated heterocycles. The summed E-state index contributed by atoms with van der Waals surface area (Å²) in [6.07, 6.45) is 0. The van der Waals surface area contributed by atoms with Gasteiger partial charge in [-0.2, -0.15) is 0 Å². The van der Waals surface area contributed by atoms with E-state index >= 15 is 0 Å². The van der Waals surface area contributed by atoms with Crippen LogP contribution in [0.2, 0.25) is 0 Å². The Kier molecular flexibility index (Phi) is 5.17. The van der Waals surface area contributed by atoms with E-state index in [1.54, 1.807) is 12.1 Å². The molecule has 1 amide bonds. The number of nitrogen functional groups attached to an aromatic ring is 1. The summed E-state index contributed by atoms with van der Waals surface area (Å²) in [5.74, 6) is -0.624. The van der Waals surface area contributed by atoms with Crippen molar-refractivity contribution in [3.8, 4) is 5.75 Å². The smallest absolute Gasteiger partial charge is 0.340 e. The van der Waals surface area contributed by atoms with Crippen molar-refractivity contribution in [2.45, 2.75) is 19.9 Å².